The van der Waals surface area contributed by atoms with E-state index >= 15 is 0 Å². The lowest BCUT2D eigenvalue weighted by atomic mass is 10.3. The molecule has 0 aliphatic heterocycles. The van der Waals surface area contributed by atoms with E-state index in [0.717, 1.165) is 5.69 Å². The first kappa shape index (κ1) is 19.5. The van der Waals surface area contributed by atoms with Gasteiger partial charge in [-0.15, -0.1) is 10.2 Å². The second-order valence-electron chi connectivity index (χ2n) is 5.66. The number of nitrogens with one attached hydrogen (secondary N) is 3. The zero-order chi connectivity index (χ0) is 19.8. The molecule has 28 heavy (non-hydrogen) atoms. The van der Waals surface area contributed by atoms with Crippen molar-refractivity contribution in [2.45, 2.75) is 4.90 Å². The van der Waals surface area contributed by atoms with E-state index in [0.29, 0.717) is 23.9 Å². The molecule has 2 heterocycles. The maximum atomic E-state index is 12.2. The van der Waals surface area contributed by atoms with E-state index in [9.17, 15) is 8.42 Å². The Balaban J connectivity index is 1.46. The molecule has 3 rings (SSSR count). The SMILES string of the molecule is COc1ccc(S(=O)(=O)NCCNc2ccc(Nc3ccncc3)nn2)cc1. The predicted octanol–water partition coefficient (Wildman–Crippen LogP) is 2.01. The summed E-state index contributed by atoms with van der Waals surface area (Å²) in [5, 5.41) is 14.2. The van der Waals surface area contributed by atoms with Crippen LogP contribution in [0.15, 0.2) is 65.8 Å². The zero-order valence-corrected chi connectivity index (χ0v) is 16.0. The van der Waals surface area contributed by atoms with Crippen LogP contribution >= 0.6 is 0 Å². The van der Waals surface area contributed by atoms with Crippen LogP contribution in [0.5, 0.6) is 5.75 Å². The van der Waals surface area contributed by atoms with Crippen LogP contribution in [0.4, 0.5) is 17.3 Å². The Kier molecular flexibility index (Phi) is 6.35. The molecule has 9 nitrogen and oxygen atoms in total. The number of hydrogen-bond donors (Lipinski definition) is 3. The summed E-state index contributed by atoms with van der Waals surface area (Å²) < 4.78 is 32.0. The highest BCUT2D eigenvalue weighted by atomic mass is 32.2. The third-order valence-corrected chi connectivity index (χ3v) is 5.19. The van der Waals surface area contributed by atoms with Crippen LogP contribution in [0, 0.1) is 0 Å². The molecule has 0 amide bonds. The van der Waals surface area contributed by atoms with Gasteiger partial charge in [0.25, 0.3) is 0 Å². The topological polar surface area (TPSA) is 118 Å². The zero-order valence-electron chi connectivity index (χ0n) is 15.2. The molecule has 10 heteroatoms. The molecule has 0 saturated heterocycles. The van der Waals surface area contributed by atoms with E-state index < -0.39 is 10.0 Å². The number of benzene rings is 1. The molecule has 0 saturated carbocycles. The number of pyridine rings is 1. The number of methoxy groups -OCH3 is 1. The average Bonchev–Trinajstić information content (AvgIpc) is 2.73. The van der Waals surface area contributed by atoms with Crippen molar-refractivity contribution in [2.75, 3.05) is 30.8 Å². The van der Waals surface area contributed by atoms with Gasteiger partial charge in [-0.2, -0.15) is 0 Å². The summed E-state index contributed by atoms with van der Waals surface area (Å²) in [5.74, 6) is 1.74. The summed E-state index contributed by atoms with van der Waals surface area (Å²) in [6.45, 7) is 0.564. The number of sulfonamides is 1. The monoisotopic (exact) mass is 400 g/mol. The molecule has 146 valence electrons. The standard InChI is InChI=1S/C18H20N6O3S/c1-27-15-2-4-16(5-3-15)28(25,26)21-13-12-20-17-6-7-18(24-23-17)22-14-8-10-19-11-9-14/h2-11,21H,12-13H2,1H3,(H,20,23)(H,19,22,24). The molecular formula is C18H20N6O3S. The normalized spacial score (nSPS) is 11.0. The van der Waals surface area contributed by atoms with Crippen molar-refractivity contribution in [3.05, 3.63) is 60.9 Å². The van der Waals surface area contributed by atoms with Crippen LogP contribution < -0.4 is 20.1 Å². The number of ether oxygens (including phenoxy) is 1. The van der Waals surface area contributed by atoms with E-state index in [1.165, 1.54) is 19.2 Å². The van der Waals surface area contributed by atoms with Gasteiger partial charge in [0.2, 0.25) is 10.0 Å². The lowest BCUT2D eigenvalue weighted by Gasteiger charge is -2.09. The number of rotatable bonds is 9. The van der Waals surface area contributed by atoms with Crippen LogP contribution in [0.1, 0.15) is 0 Å². The van der Waals surface area contributed by atoms with E-state index in [4.69, 9.17) is 4.74 Å². The summed E-state index contributed by atoms with van der Waals surface area (Å²) in [5.41, 5.74) is 0.859. The fraction of sp³-hybridized carbons (Fsp3) is 0.167. The van der Waals surface area contributed by atoms with E-state index in [-0.39, 0.29) is 11.4 Å². The summed E-state index contributed by atoms with van der Waals surface area (Å²) in [7, 11) is -2.05. The fourth-order valence-electron chi connectivity index (χ4n) is 2.29. The van der Waals surface area contributed by atoms with Crippen LogP contribution in [0.2, 0.25) is 0 Å². The Hall–Kier alpha value is -3.24. The molecule has 0 bridgehead atoms. The second kappa shape index (κ2) is 9.11. The Morgan fingerprint density at radius 1 is 0.893 bits per heavy atom. The minimum Gasteiger partial charge on any atom is -0.497 e. The summed E-state index contributed by atoms with van der Waals surface area (Å²) in [4.78, 5) is 4.13. The molecular weight excluding hydrogens is 380 g/mol. The lowest BCUT2D eigenvalue weighted by molar-refractivity contribution is 0.414. The summed E-state index contributed by atoms with van der Waals surface area (Å²) in [6.07, 6.45) is 3.36. The first-order chi connectivity index (χ1) is 13.6. The molecule has 0 spiro atoms. The molecule has 0 aliphatic rings. The molecule has 2 aromatic heterocycles. The molecule has 0 atom stereocenters. The maximum Gasteiger partial charge on any atom is 0.240 e. The van der Waals surface area contributed by atoms with E-state index in [2.05, 4.69) is 30.5 Å². The van der Waals surface area contributed by atoms with Crippen LogP contribution in [0.3, 0.4) is 0 Å². The third kappa shape index (κ3) is 5.38. The number of aromatic nitrogens is 3. The van der Waals surface area contributed by atoms with Crippen molar-refractivity contribution in [1.82, 2.24) is 19.9 Å². The maximum absolute atomic E-state index is 12.2. The van der Waals surface area contributed by atoms with E-state index in [1.807, 2.05) is 12.1 Å². The van der Waals surface area contributed by atoms with E-state index in [1.54, 1.807) is 36.7 Å². The summed E-state index contributed by atoms with van der Waals surface area (Å²) >= 11 is 0. The van der Waals surface area contributed by atoms with Gasteiger partial charge >= 0.3 is 0 Å². The van der Waals surface area contributed by atoms with Gasteiger partial charge in [-0.25, -0.2) is 13.1 Å². The second-order valence-corrected chi connectivity index (χ2v) is 7.43. The van der Waals surface area contributed by atoms with Gasteiger partial charge in [0.15, 0.2) is 5.82 Å². The predicted molar refractivity (Wildman–Crippen MR) is 106 cm³/mol. The minimum absolute atomic E-state index is 0.180. The summed E-state index contributed by atoms with van der Waals surface area (Å²) in [6, 6.07) is 13.4. The molecule has 3 N–H and O–H groups in total. The molecule has 0 unspecified atom stereocenters. The van der Waals surface area contributed by atoms with Crippen molar-refractivity contribution in [3.63, 3.8) is 0 Å². The molecule has 0 radical (unpaired) electrons. The van der Waals surface area contributed by atoms with Gasteiger partial charge < -0.3 is 15.4 Å². The van der Waals surface area contributed by atoms with Gasteiger partial charge in [-0.1, -0.05) is 0 Å². The van der Waals surface area contributed by atoms with Crippen LogP contribution in [-0.4, -0.2) is 43.8 Å². The highest BCUT2D eigenvalue weighted by Crippen LogP contribution is 2.15. The van der Waals surface area contributed by atoms with Gasteiger partial charge in [-0.05, 0) is 48.5 Å². The quantitative estimate of drug-likeness (QED) is 0.467. The molecule has 0 fully saturated rings. The largest absolute Gasteiger partial charge is 0.497 e. The fourth-order valence-corrected chi connectivity index (χ4v) is 3.32. The van der Waals surface area contributed by atoms with Crippen molar-refractivity contribution in [3.8, 4) is 5.75 Å². The van der Waals surface area contributed by atoms with Gasteiger partial charge in [0.1, 0.15) is 11.6 Å². The number of anilines is 3. The van der Waals surface area contributed by atoms with Crippen molar-refractivity contribution >= 4 is 27.3 Å². The molecule has 1 aromatic carbocycles. The number of nitrogens with zero attached hydrogens (tertiary/aromatic N) is 3. The molecule has 3 aromatic rings. The Labute approximate surface area is 163 Å². The third-order valence-electron chi connectivity index (χ3n) is 3.71. The smallest absolute Gasteiger partial charge is 0.240 e. The van der Waals surface area contributed by atoms with Gasteiger partial charge in [0, 0.05) is 31.2 Å². The lowest BCUT2D eigenvalue weighted by Crippen LogP contribution is -2.29. The van der Waals surface area contributed by atoms with Gasteiger partial charge in [-0.3, -0.25) is 4.98 Å². The van der Waals surface area contributed by atoms with Crippen LogP contribution in [0.25, 0.3) is 0 Å². The molecule has 0 aliphatic carbocycles. The Morgan fingerprint density at radius 3 is 2.21 bits per heavy atom. The van der Waals surface area contributed by atoms with Crippen molar-refractivity contribution < 1.29 is 13.2 Å². The Bertz CT molecular complexity index is 980. The highest BCUT2D eigenvalue weighted by molar-refractivity contribution is 7.89. The minimum atomic E-state index is -3.58. The Morgan fingerprint density at radius 2 is 1.57 bits per heavy atom. The van der Waals surface area contributed by atoms with Gasteiger partial charge in [0.05, 0.1) is 12.0 Å². The first-order valence-electron chi connectivity index (χ1n) is 8.45. The van der Waals surface area contributed by atoms with Crippen LogP contribution in [-0.2, 0) is 10.0 Å². The average molecular weight is 400 g/mol. The first-order valence-corrected chi connectivity index (χ1v) is 9.93. The van der Waals surface area contributed by atoms with Crippen molar-refractivity contribution in [1.29, 1.82) is 0 Å². The highest BCUT2D eigenvalue weighted by Gasteiger charge is 2.13. The number of hydrogen-bond acceptors (Lipinski definition) is 8. The van der Waals surface area contributed by atoms with Crippen molar-refractivity contribution in [2.24, 2.45) is 0 Å².